The molecule has 2 aliphatic rings. The van der Waals surface area contributed by atoms with Crippen LogP contribution in [0, 0.1) is 5.92 Å². The first-order chi connectivity index (χ1) is 8.72. The van der Waals surface area contributed by atoms with Gasteiger partial charge in [0.05, 0.1) is 13.2 Å². The van der Waals surface area contributed by atoms with Crippen molar-refractivity contribution in [3.63, 3.8) is 0 Å². The fraction of sp³-hybridized carbons (Fsp3) is 1.00. The lowest BCUT2D eigenvalue weighted by Crippen LogP contribution is -2.49. The van der Waals surface area contributed by atoms with E-state index in [9.17, 15) is 0 Å². The molecule has 0 aromatic rings. The first-order valence-electron chi connectivity index (χ1n) is 7.79. The van der Waals surface area contributed by atoms with E-state index in [0.717, 1.165) is 31.8 Å². The van der Waals surface area contributed by atoms with E-state index in [4.69, 9.17) is 4.74 Å². The molecule has 0 spiro atoms. The molecule has 2 unspecified atom stereocenters. The summed E-state index contributed by atoms with van der Waals surface area (Å²) >= 11 is 0. The molecule has 0 aromatic carbocycles. The quantitative estimate of drug-likeness (QED) is 0.814. The molecular weight excluding hydrogens is 224 g/mol. The van der Waals surface area contributed by atoms with Crippen LogP contribution < -0.4 is 5.32 Å². The smallest absolute Gasteiger partial charge is 0.0623 e. The summed E-state index contributed by atoms with van der Waals surface area (Å²) in [7, 11) is 0. The van der Waals surface area contributed by atoms with Crippen LogP contribution in [-0.4, -0.2) is 49.3 Å². The standard InChI is InChI=1S/C15H30N2O/c1-4-8-16-15-11-18-10-14(15)9-17-12(2)6-5-7-13(17)3/h12-16H,4-11H2,1-3H3/t12-,13+,14?,15?. The Morgan fingerprint density at radius 2 is 1.89 bits per heavy atom. The second kappa shape index (κ2) is 6.88. The van der Waals surface area contributed by atoms with Crippen LogP contribution in [0.1, 0.15) is 46.5 Å². The molecule has 2 saturated heterocycles. The van der Waals surface area contributed by atoms with Gasteiger partial charge in [0.2, 0.25) is 0 Å². The molecule has 2 rings (SSSR count). The maximum atomic E-state index is 5.69. The minimum atomic E-state index is 0.575. The summed E-state index contributed by atoms with van der Waals surface area (Å²) < 4.78 is 5.69. The van der Waals surface area contributed by atoms with Gasteiger partial charge in [0.15, 0.2) is 0 Å². The third-order valence-corrected chi connectivity index (χ3v) is 4.68. The highest BCUT2D eigenvalue weighted by atomic mass is 16.5. The Morgan fingerprint density at radius 3 is 2.56 bits per heavy atom. The van der Waals surface area contributed by atoms with E-state index >= 15 is 0 Å². The molecule has 4 atom stereocenters. The summed E-state index contributed by atoms with van der Waals surface area (Å²) in [6.45, 7) is 11.2. The fourth-order valence-corrected chi connectivity index (χ4v) is 3.44. The maximum Gasteiger partial charge on any atom is 0.0623 e. The highest BCUT2D eigenvalue weighted by molar-refractivity contribution is 4.88. The van der Waals surface area contributed by atoms with E-state index in [2.05, 4.69) is 31.0 Å². The summed E-state index contributed by atoms with van der Waals surface area (Å²) in [6, 6.07) is 2.08. The highest BCUT2D eigenvalue weighted by Crippen LogP contribution is 2.25. The van der Waals surface area contributed by atoms with Crippen LogP contribution in [0.2, 0.25) is 0 Å². The van der Waals surface area contributed by atoms with Crippen molar-refractivity contribution in [2.24, 2.45) is 5.92 Å². The molecule has 0 amide bonds. The van der Waals surface area contributed by atoms with E-state index in [1.165, 1.54) is 32.2 Å². The molecule has 0 radical (unpaired) electrons. The third-order valence-electron chi connectivity index (χ3n) is 4.68. The minimum Gasteiger partial charge on any atom is -0.379 e. The number of nitrogens with one attached hydrogen (secondary N) is 1. The van der Waals surface area contributed by atoms with Crippen molar-refractivity contribution in [2.75, 3.05) is 26.3 Å². The van der Waals surface area contributed by atoms with Gasteiger partial charge in [-0.2, -0.15) is 0 Å². The summed E-state index contributed by atoms with van der Waals surface area (Å²) in [6.07, 6.45) is 5.34. The van der Waals surface area contributed by atoms with Crippen molar-refractivity contribution in [2.45, 2.75) is 64.6 Å². The second-order valence-electron chi connectivity index (χ2n) is 6.18. The van der Waals surface area contributed by atoms with E-state index < -0.39 is 0 Å². The Bertz CT molecular complexity index is 237. The van der Waals surface area contributed by atoms with Crippen LogP contribution in [0.4, 0.5) is 0 Å². The summed E-state index contributed by atoms with van der Waals surface area (Å²) in [5.41, 5.74) is 0. The lowest BCUT2D eigenvalue weighted by atomic mass is 9.94. The molecule has 1 N–H and O–H groups in total. The van der Waals surface area contributed by atoms with Crippen LogP contribution in [0.25, 0.3) is 0 Å². The molecule has 2 aliphatic heterocycles. The van der Waals surface area contributed by atoms with Crippen LogP contribution >= 0.6 is 0 Å². The van der Waals surface area contributed by atoms with Gasteiger partial charge in [0.25, 0.3) is 0 Å². The minimum absolute atomic E-state index is 0.575. The Morgan fingerprint density at radius 1 is 1.17 bits per heavy atom. The van der Waals surface area contributed by atoms with E-state index in [1.54, 1.807) is 0 Å². The van der Waals surface area contributed by atoms with Crippen molar-refractivity contribution >= 4 is 0 Å². The van der Waals surface area contributed by atoms with Gasteiger partial charge in [-0.15, -0.1) is 0 Å². The Balaban J connectivity index is 1.86. The van der Waals surface area contributed by atoms with Gasteiger partial charge in [-0.05, 0) is 39.7 Å². The molecule has 3 heteroatoms. The summed E-state index contributed by atoms with van der Waals surface area (Å²) in [5, 5.41) is 3.65. The largest absolute Gasteiger partial charge is 0.379 e. The molecule has 0 bridgehead atoms. The molecule has 0 aromatic heterocycles. The Hall–Kier alpha value is -0.120. The molecule has 2 heterocycles. The first-order valence-corrected chi connectivity index (χ1v) is 7.79. The molecule has 0 aliphatic carbocycles. The number of hydrogen-bond donors (Lipinski definition) is 1. The average molecular weight is 254 g/mol. The van der Waals surface area contributed by atoms with Gasteiger partial charge in [0, 0.05) is 30.6 Å². The molecule has 106 valence electrons. The molecule has 2 fully saturated rings. The van der Waals surface area contributed by atoms with E-state index in [-0.39, 0.29) is 0 Å². The van der Waals surface area contributed by atoms with Crippen LogP contribution in [0.3, 0.4) is 0 Å². The number of hydrogen-bond acceptors (Lipinski definition) is 3. The summed E-state index contributed by atoms with van der Waals surface area (Å²) in [5.74, 6) is 0.680. The first kappa shape index (κ1) is 14.3. The van der Waals surface area contributed by atoms with Crippen molar-refractivity contribution in [1.82, 2.24) is 10.2 Å². The van der Waals surface area contributed by atoms with Gasteiger partial charge in [-0.3, -0.25) is 4.90 Å². The topological polar surface area (TPSA) is 24.5 Å². The van der Waals surface area contributed by atoms with Gasteiger partial charge in [0.1, 0.15) is 0 Å². The van der Waals surface area contributed by atoms with Crippen molar-refractivity contribution in [3.8, 4) is 0 Å². The molecule has 3 nitrogen and oxygen atoms in total. The van der Waals surface area contributed by atoms with Crippen molar-refractivity contribution in [3.05, 3.63) is 0 Å². The molecule has 0 saturated carbocycles. The number of ether oxygens (including phenoxy) is 1. The number of likely N-dealkylation sites (tertiary alicyclic amines) is 1. The zero-order valence-corrected chi connectivity index (χ0v) is 12.3. The SMILES string of the molecule is CCCNC1COCC1CN1[C@H](C)CCC[C@@H]1C. The van der Waals surface area contributed by atoms with E-state index in [0.29, 0.717) is 12.0 Å². The Kier molecular flexibility index (Phi) is 5.46. The summed E-state index contributed by atoms with van der Waals surface area (Å²) in [4.78, 5) is 2.71. The predicted octanol–water partition coefficient (Wildman–Crippen LogP) is 2.26. The normalized spacial score (nSPS) is 38.2. The lowest BCUT2D eigenvalue weighted by Gasteiger charge is -2.41. The third kappa shape index (κ3) is 3.46. The average Bonchev–Trinajstić information content (AvgIpc) is 2.79. The van der Waals surface area contributed by atoms with Gasteiger partial charge >= 0.3 is 0 Å². The number of rotatable bonds is 5. The van der Waals surface area contributed by atoms with Gasteiger partial charge < -0.3 is 10.1 Å². The maximum absolute atomic E-state index is 5.69. The lowest BCUT2D eigenvalue weighted by molar-refractivity contribution is 0.0762. The second-order valence-corrected chi connectivity index (χ2v) is 6.18. The zero-order valence-electron chi connectivity index (χ0n) is 12.3. The monoisotopic (exact) mass is 254 g/mol. The van der Waals surface area contributed by atoms with Crippen molar-refractivity contribution < 1.29 is 4.74 Å². The zero-order chi connectivity index (χ0) is 13.0. The van der Waals surface area contributed by atoms with Crippen LogP contribution in [-0.2, 0) is 4.74 Å². The van der Waals surface area contributed by atoms with Crippen LogP contribution in [0.5, 0.6) is 0 Å². The van der Waals surface area contributed by atoms with Gasteiger partial charge in [-0.25, -0.2) is 0 Å². The Labute approximate surface area is 112 Å². The van der Waals surface area contributed by atoms with Crippen molar-refractivity contribution in [1.29, 1.82) is 0 Å². The predicted molar refractivity (Wildman–Crippen MR) is 75.9 cm³/mol. The number of nitrogens with zero attached hydrogens (tertiary/aromatic N) is 1. The highest BCUT2D eigenvalue weighted by Gasteiger charge is 2.33. The fourth-order valence-electron chi connectivity index (χ4n) is 3.44. The number of piperidine rings is 1. The van der Waals surface area contributed by atoms with Crippen LogP contribution in [0.15, 0.2) is 0 Å². The molecular formula is C15H30N2O. The van der Waals surface area contributed by atoms with Gasteiger partial charge in [-0.1, -0.05) is 13.3 Å². The van der Waals surface area contributed by atoms with E-state index in [1.807, 2.05) is 0 Å². The molecule has 18 heavy (non-hydrogen) atoms.